The van der Waals surface area contributed by atoms with Gasteiger partial charge in [-0.3, -0.25) is 4.79 Å². The number of carbonyl (C=O) groups excluding carboxylic acids is 1. The van der Waals surface area contributed by atoms with E-state index >= 15 is 0 Å². The molecule has 188 valence electrons. The maximum atomic E-state index is 13.3. The van der Waals surface area contributed by atoms with Gasteiger partial charge in [0.2, 0.25) is 0 Å². The van der Waals surface area contributed by atoms with Gasteiger partial charge in [0.25, 0.3) is 15.9 Å². The first kappa shape index (κ1) is 23.1. The smallest absolute Gasteiger partial charge is 0.281 e. The third-order valence-corrected chi connectivity index (χ3v) is 9.07. The Hall–Kier alpha value is -2.68. The van der Waals surface area contributed by atoms with E-state index in [2.05, 4.69) is 35.4 Å². The van der Waals surface area contributed by atoms with Crippen LogP contribution in [-0.2, 0) is 10.0 Å². The summed E-state index contributed by atoms with van der Waals surface area (Å²) >= 11 is 0. The highest BCUT2D eigenvalue weighted by molar-refractivity contribution is 7.90. The number of carbonyl (C=O) groups is 1. The van der Waals surface area contributed by atoms with Gasteiger partial charge in [-0.2, -0.15) is 8.42 Å². The summed E-state index contributed by atoms with van der Waals surface area (Å²) in [6, 6.07) is 7.97. The Balaban J connectivity index is 0.00000160. The Labute approximate surface area is 205 Å². The number of nitrogens with two attached hydrogens (primary N) is 1. The Kier molecular flexibility index (Phi) is 5.58. The van der Waals surface area contributed by atoms with Gasteiger partial charge in [0.15, 0.2) is 5.03 Å². The molecular weight excluding hydrogens is 450 g/mol. The summed E-state index contributed by atoms with van der Waals surface area (Å²) in [6.45, 7) is 7.26. The molecule has 3 N–H and O–H groups in total. The zero-order chi connectivity index (χ0) is 24.3. The van der Waals surface area contributed by atoms with Crippen LogP contribution in [0.1, 0.15) is 79.1 Å². The molecule has 0 aromatic carbocycles. The molecule has 2 bridgehead atoms. The first-order chi connectivity index (χ1) is 16.0. The molecule has 1 amide bonds. The number of amides is 1. The van der Waals surface area contributed by atoms with Crippen molar-refractivity contribution < 1.29 is 17.5 Å². The lowest BCUT2D eigenvalue weighted by Gasteiger charge is -2.34. The van der Waals surface area contributed by atoms with Crippen LogP contribution in [-0.4, -0.2) is 36.4 Å². The van der Waals surface area contributed by atoms with Crippen LogP contribution in [0.15, 0.2) is 35.4 Å². The standard InChI is InChI=1S/C25H33N5O3S.3H2/c1-15-13-25(2,3)30(14-15)23-18(9-10-20(27-23)19-12-16-7-8-17(19)11-16)24(31)29-34(32,33)22-6-4-5-21(26)28-22;;;/h4-6,9-10,15-17,19H,7-8,11-14H2,1-3H3,(H2,26,28)(H,29,31);3*1H/t15-,16?,17?,19?;;;/m0.../s1. The zero-order valence-corrected chi connectivity index (χ0v) is 20.8. The second-order valence-corrected chi connectivity index (χ2v) is 12.6. The molecule has 34 heavy (non-hydrogen) atoms. The van der Waals surface area contributed by atoms with Crippen LogP contribution in [0.25, 0.3) is 0 Å². The van der Waals surface area contributed by atoms with Gasteiger partial charge >= 0.3 is 0 Å². The normalized spacial score (nSPS) is 27.8. The molecule has 2 aliphatic carbocycles. The number of nitrogens with zero attached hydrogens (tertiary/aromatic N) is 3. The highest BCUT2D eigenvalue weighted by Crippen LogP contribution is 2.53. The first-order valence-electron chi connectivity index (χ1n) is 12.1. The van der Waals surface area contributed by atoms with E-state index in [9.17, 15) is 13.2 Å². The Morgan fingerprint density at radius 3 is 2.59 bits per heavy atom. The average molecular weight is 490 g/mol. The number of nitrogen functional groups attached to an aromatic ring is 1. The molecule has 1 saturated heterocycles. The molecular formula is C25H39N5O3S. The molecule has 0 radical (unpaired) electrons. The summed E-state index contributed by atoms with van der Waals surface area (Å²) in [5, 5.41) is -0.288. The van der Waals surface area contributed by atoms with Gasteiger partial charge in [-0.15, -0.1) is 0 Å². The number of pyridine rings is 2. The number of anilines is 2. The van der Waals surface area contributed by atoms with Crippen molar-refractivity contribution in [1.29, 1.82) is 0 Å². The maximum Gasteiger partial charge on any atom is 0.281 e. The van der Waals surface area contributed by atoms with E-state index in [1.165, 1.54) is 37.5 Å². The van der Waals surface area contributed by atoms with Gasteiger partial charge in [-0.25, -0.2) is 14.7 Å². The molecule has 3 fully saturated rings. The van der Waals surface area contributed by atoms with Gasteiger partial charge < -0.3 is 10.6 Å². The lowest BCUT2D eigenvalue weighted by atomic mass is 9.86. The fraction of sp³-hybridized carbons (Fsp3) is 0.560. The number of rotatable bonds is 5. The molecule has 8 nitrogen and oxygen atoms in total. The molecule has 9 heteroatoms. The van der Waals surface area contributed by atoms with Crippen LogP contribution in [0.2, 0.25) is 0 Å². The van der Waals surface area contributed by atoms with E-state index in [4.69, 9.17) is 10.7 Å². The monoisotopic (exact) mass is 489 g/mol. The molecule has 0 spiro atoms. The number of hydrogen-bond donors (Lipinski definition) is 2. The van der Waals surface area contributed by atoms with Crippen molar-refractivity contribution in [3.8, 4) is 0 Å². The van der Waals surface area contributed by atoms with Crippen molar-refractivity contribution >= 4 is 27.6 Å². The highest BCUT2D eigenvalue weighted by Gasteiger charge is 2.43. The van der Waals surface area contributed by atoms with E-state index in [0.29, 0.717) is 23.6 Å². The predicted octanol–water partition coefficient (Wildman–Crippen LogP) is 4.44. The minimum atomic E-state index is -4.18. The van der Waals surface area contributed by atoms with Crippen LogP contribution in [0.5, 0.6) is 0 Å². The van der Waals surface area contributed by atoms with Crippen LogP contribution >= 0.6 is 0 Å². The molecule has 2 aromatic rings. The Bertz CT molecular complexity index is 1240. The number of hydrogen-bond acceptors (Lipinski definition) is 7. The van der Waals surface area contributed by atoms with E-state index in [-0.39, 0.29) is 26.2 Å². The van der Waals surface area contributed by atoms with E-state index in [1.807, 2.05) is 6.07 Å². The van der Waals surface area contributed by atoms with Crippen molar-refractivity contribution in [2.45, 2.75) is 69.4 Å². The number of nitrogens with one attached hydrogen (secondary N) is 1. The second-order valence-electron chi connectivity index (χ2n) is 11.0. The van der Waals surface area contributed by atoms with Crippen LogP contribution in [0.4, 0.5) is 11.6 Å². The zero-order valence-electron chi connectivity index (χ0n) is 20.0. The van der Waals surface area contributed by atoms with Crippen LogP contribution in [0.3, 0.4) is 0 Å². The number of fused-ring (bicyclic) bond motifs is 2. The van der Waals surface area contributed by atoms with Crippen LogP contribution in [0, 0.1) is 17.8 Å². The number of aromatic nitrogens is 2. The van der Waals surface area contributed by atoms with Crippen molar-refractivity contribution in [1.82, 2.24) is 14.7 Å². The fourth-order valence-corrected chi connectivity index (χ4v) is 7.37. The van der Waals surface area contributed by atoms with E-state index in [1.54, 1.807) is 6.07 Å². The lowest BCUT2D eigenvalue weighted by Crippen LogP contribution is -2.41. The molecule has 4 atom stereocenters. The summed E-state index contributed by atoms with van der Waals surface area (Å²) in [6.07, 6.45) is 5.94. The summed E-state index contributed by atoms with van der Waals surface area (Å²) in [5.74, 6) is 2.23. The van der Waals surface area contributed by atoms with Crippen molar-refractivity contribution in [2.24, 2.45) is 17.8 Å². The van der Waals surface area contributed by atoms with Gasteiger partial charge in [-0.1, -0.05) is 19.4 Å². The second kappa shape index (κ2) is 8.22. The highest BCUT2D eigenvalue weighted by atomic mass is 32.2. The Morgan fingerprint density at radius 2 is 1.97 bits per heavy atom. The van der Waals surface area contributed by atoms with Crippen molar-refractivity contribution in [3.63, 3.8) is 0 Å². The minimum Gasteiger partial charge on any atom is -0.384 e. The van der Waals surface area contributed by atoms with Gasteiger partial charge in [0.05, 0.1) is 5.56 Å². The summed E-state index contributed by atoms with van der Waals surface area (Å²) < 4.78 is 27.9. The van der Waals surface area contributed by atoms with E-state index < -0.39 is 15.9 Å². The Morgan fingerprint density at radius 1 is 1.18 bits per heavy atom. The first-order valence-corrected chi connectivity index (χ1v) is 13.6. The van der Waals surface area contributed by atoms with E-state index in [0.717, 1.165) is 31.0 Å². The molecule has 3 aliphatic rings. The third-order valence-electron chi connectivity index (χ3n) is 7.84. The van der Waals surface area contributed by atoms with Crippen molar-refractivity contribution in [2.75, 3.05) is 17.2 Å². The minimum absolute atomic E-state index is 0. The molecule has 5 rings (SSSR count). The lowest BCUT2D eigenvalue weighted by molar-refractivity contribution is 0.0981. The predicted molar refractivity (Wildman–Crippen MR) is 137 cm³/mol. The largest absolute Gasteiger partial charge is 0.384 e. The molecule has 2 saturated carbocycles. The van der Waals surface area contributed by atoms with Gasteiger partial charge in [0, 0.05) is 28.0 Å². The summed E-state index contributed by atoms with van der Waals surface area (Å²) in [5.41, 5.74) is 6.74. The summed E-state index contributed by atoms with van der Waals surface area (Å²) in [4.78, 5) is 24.4. The van der Waals surface area contributed by atoms with Gasteiger partial charge in [0.1, 0.15) is 11.6 Å². The topological polar surface area (TPSA) is 118 Å². The fourth-order valence-electron chi connectivity index (χ4n) is 6.43. The molecule has 1 aliphatic heterocycles. The third kappa shape index (κ3) is 4.15. The number of sulfonamides is 1. The van der Waals surface area contributed by atoms with Crippen LogP contribution < -0.4 is 15.4 Å². The molecule has 3 unspecified atom stereocenters. The van der Waals surface area contributed by atoms with Crippen molar-refractivity contribution in [3.05, 3.63) is 41.6 Å². The average Bonchev–Trinajstić information content (AvgIpc) is 3.47. The SMILES string of the molecule is C[C@@H]1CN(c2nc(C3CC4CCC3C4)ccc2C(=O)NS(=O)(=O)c2cccc(N)n2)C(C)(C)C1.[HH].[HH].[HH]. The maximum absolute atomic E-state index is 13.3. The summed E-state index contributed by atoms with van der Waals surface area (Å²) in [7, 11) is -4.18. The molecule has 3 heterocycles. The quantitative estimate of drug-likeness (QED) is 0.637. The van der Waals surface area contributed by atoms with Gasteiger partial charge in [-0.05, 0) is 81.5 Å². The molecule has 2 aromatic heterocycles.